The van der Waals surface area contributed by atoms with Crippen molar-refractivity contribution in [1.29, 1.82) is 0 Å². The van der Waals surface area contributed by atoms with Crippen LogP contribution in [0.15, 0.2) is 10.6 Å². The SMILES string of the molecule is CC(C)C(=O)Nc1cc(CC(C)(C)C)no1. The van der Waals surface area contributed by atoms with Gasteiger partial charge >= 0.3 is 0 Å². The lowest BCUT2D eigenvalue weighted by Gasteiger charge is -2.14. The molecule has 0 unspecified atom stereocenters. The van der Waals surface area contributed by atoms with Gasteiger partial charge in [-0.1, -0.05) is 39.8 Å². The molecule has 1 amide bonds. The highest BCUT2D eigenvalue weighted by Crippen LogP contribution is 2.21. The van der Waals surface area contributed by atoms with Crippen molar-refractivity contribution < 1.29 is 9.32 Å². The third-order valence-electron chi connectivity index (χ3n) is 2.04. The number of carbonyl (C=O) groups excluding carboxylic acids is 1. The van der Waals surface area contributed by atoms with Crippen LogP contribution in [0.5, 0.6) is 0 Å². The normalized spacial score (nSPS) is 11.9. The van der Waals surface area contributed by atoms with E-state index in [4.69, 9.17) is 4.52 Å². The van der Waals surface area contributed by atoms with Crippen molar-refractivity contribution in [2.75, 3.05) is 5.32 Å². The molecular weight excluding hydrogens is 204 g/mol. The molecule has 0 saturated carbocycles. The predicted octanol–water partition coefficient (Wildman–Crippen LogP) is 2.86. The average Bonchev–Trinajstić information content (AvgIpc) is 2.49. The summed E-state index contributed by atoms with van der Waals surface area (Å²) in [5.41, 5.74) is 1.03. The maximum Gasteiger partial charge on any atom is 0.231 e. The molecule has 0 fully saturated rings. The van der Waals surface area contributed by atoms with E-state index in [1.807, 2.05) is 13.8 Å². The van der Waals surface area contributed by atoms with Gasteiger partial charge in [0.25, 0.3) is 0 Å². The van der Waals surface area contributed by atoms with Gasteiger partial charge in [0.15, 0.2) is 0 Å². The largest absolute Gasteiger partial charge is 0.338 e. The second kappa shape index (κ2) is 4.68. The molecule has 0 atom stereocenters. The van der Waals surface area contributed by atoms with Crippen LogP contribution in [0.3, 0.4) is 0 Å². The number of rotatable bonds is 3. The number of nitrogens with one attached hydrogen (secondary N) is 1. The standard InChI is InChI=1S/C12H20N2O2/c1-8(2)11(15)13-10-6-9(14-16-10)7-12(3,4)5/h6,8H,7H2,1-5H3,(H,13,15). The maximum atomic E-state index is 11.4. The van der Waals surface area contributed by atoms with Gasteiger partial charge < -0.3 is 4.52 Å². The molecule has 16 heavy (non-hydrogen) atoms. The van der Waals surface area contributed by atoms with Crippen LogP contribution in [0.4, 0.5) is 5.88 Å². The van der Waals surface area contributed by atoms with E-state index in [1.165, 1.54) is 0 Å². The molecule has 1 rings (SSSR count). The maximum absolute atomic E-state index is 11.4. The van der Waals surface area contributed by atoms with Gasteiger partial charge in [0.1, 0.15) is 0 Å². The van der Waals surface area contributed by atoms with Gasteiger partial charge in [0.2, 0.25) is 11.8 Å². The van der Waals surface area contributed by atoms with E-state index in [9.17, 15) is 4.79 Å². The van der Waals surface area contributed by atoms with Crippen molar-refractivity contribution >= 4 is 11.8 Å². The monoisotopic (exact) mass is 224 g/mol. The molecule has 0 spiro atoms. The molecule has 1 N–H and O–H groups in total. The minimum atomic E-state index is -0.0591. The second-order valence-electron chi connectivity index (χ2n) is 5.56. The molecule has 0 aromatic carbocycles. The van der Waals surface area contributed by atoms with E-state index >= 15 is 0 Å². The van der Waals surface area contributed by atoms with Crippen molar-refractivity contribution in [2.45, 2.75) is 41.0 Å². The molecule has 0 aliphatic rings. The van der Waals surface area contributed by atoms with Crippen molar-refractivity contribution in [2.24, 2.45) is 11.3 Å². The topological polar surface area (TPSA) is 55.1 Å². The fraction of sp³-hybridized carbons (Fsp3) is 0.667. The van der Waals surface area contributed by atoms with Crippen LogP contribution < -0.4 is 5.32 Å². The van der Waals surface area contributed by atoms with Crippen LogP contribution in [0.25, 0.3) is 0 Å². The third-order valence-corrected chi connectivity index (χ3v) is 2.04. The third kappa shape index (κ3) is 4.04. The minimum absolute atomic E-state index is 0.0570. The number of anilines is 1. The summed E-state index contributed by atoms with van der Waals surface area (Å²) in [4.78, 5) is 11.4. The second-order valence-corrected chi connectivity index (χ2v) is 5.56. The Bertz CT molecular complexity index is 361. The molecule has 1 heterocycles. The number of nitrogens with zero attached hydrogens (tertiary/aromatic N) is 1. The van der Waals surface area contributed by atoms with E-state index in [2.05, 4.69) is 31.2 Å². The zero-order valence-electron chi connectivity index (χ0n) is 10.6. The van der Waals surface area contributed by atoms with E-state index in [1.54, 1.807) is 6.07 Å². The van der Waals surface area contributed by atoms with E-state index in [0.29, 0.717) is 5.88 Å². The average molecular weight is 224 g/mol. The van der Waals surface area contributed by atoms with E-state index < -0.39 is 0 Å². The molecule has 4 heteroatoms. The molecule has 1 aromatic rings. The van der Waals surface area contributed by atoms with Gasteiger partial charge in [0.05, 0.1) is 5.69 Å². The first-order chi connectivity index (χ1) is 7.28. The highest BCUT2D eigenvalue weighted by Gasteiger charge is 2.16. The van der Waals surface area contributed by atoms with Gasteiger partial charge in [-0.15, -0.1) is 0 Å². The van der Waals surface area contributed by atoms with Gasteiger partial charge in [-0.2, -0.15) is 0 Å². The molecule has 0 aliphatic heterocycles. The Morgan fingerprint density at radius 3 is 2.62 bits per heavy atom. The Morgan fingerprint density at radius 1 is 1.50 bits per heavy atom. The summed E-state index contributed by atoms with van der Waals surface area (Å²) in [7, 11) is 0. The Morgan fingerprint density at radius 2 is 2.12 bits per heavy atom. The highest BCUT2D eigenvalue weighted by atomic mass is 16.5. The van der Waals surface area contributed by atoms with Crippen LogP contribution >= 0.6 is 0 Å². The van der Waals surface area contributed by atoms with Crippen molar-refractivity contribution in [3.8, 4) is 0 Å². The molecular formula is C12H20N2O2. The number of hydrogen-bond acceptors (Lipinski definition) is 3. The smallest absolute Gasteiger partial charge is 0.231 e. The molecule has 0 bridgehead atoms. The summed E-state index contributed by atoms with van der Waals surface area (Å²) in [6, 6.07) is 1.78. The Hall–Kier alpha value is -1.32. The number of carbonyl (C=O) groups is 1. The lowest BCUT2D eigenvalue weighted by Crippen LogP contribution is -2.17. The zero-order chi connectivity index (χ0) is 12.3. The Labute approximate surface area is 96.4 Å². The van der Waals surface area contributed by atoms with Crippen LogP contribution in [-0.4, -0.2) is 11.1 Å². The van der Waals surface area contributed by atoms with Crippen LogP contribution in [-0.2, 0) is 11.2 Å². The molecule has 0 saturated heterocycles. The Kier molecular flexibility index (Phi) is 3.73. The summed E-state index contributed by atoms with van der Waals surface area (Å²) >= 11 is 0. The van der Waals surface area contributed by atoms with E-state index in [0.717, 1.165) is 12.1 Å². The number of hydrogen-bond donors (Lipinski definition) is 1. The van der Waals surface area contributed by atoms with Gasteiger partial charge in [-0.05, 0) is 11.8 Å². The van der Waals surface area contributed by atoms with Crippen molar-refractivity contribution in [3.63, 3.8) is 0 Å². The quantitative estimate of drug-likeness (QED) is 0.858. The summed E-state index contributed by atoms with van der Waals surface area (Å²) in [5.74, 6) is 0.313. The predicted molar refractivity (Wildman–Crippen MR) is 63.1 cm³/mol. The van der Waals surface area contributed by atoms with E-state index in [-0.39, 0.29) is 17.2 Å². The summed E-state index contributed by atoms with van der Waals surface area (Å²) < 4.78 is 5.05. The fourth-order valence-electron chi connectivity index (χ4n) is 1.26. The summed E-state index contributed by atoms with van der Waals surface area (Å²) in [6.45, 7) is 10.1. The van der Waals surface area contributed by atoms with Crippen molar-refractivity contribution in [3.05, 3.63) is 11.8 Å². The van der Waals surface area contributed by atoms with Gasteiger partial charge in [-0.25, -0.2) is 0 Å². The molecule has 0 aliphatic carbocycles. The van der Waals surface area contributed by atoms with Crippen molar-refractivity contribution in [1.82, 2.24) is 5.16 Å². The first-order valence-corrected chi connectivity index (χ1v) is 5.54. The summed E-state index contributed by atoms with van der Waals surface area (Å²) in [5, 5.41) is 6.60. The van der Waals surface area contributed by atoms with Crippen LogP contribution in [0, 0.1) is 11.3 Å². The molecule has 0 radical (unpaired) electrons. The molecule has 90 valence electrons. The minimum Gasteiger partial charge on any atom is -0.338 e. The van der Waals surface area contributed by atoms with Gasteiger partial charge in [-0.3, -0.25) is 10.1 Å². The lowest BCUT2D eigenvalue weighted by atomic mass is 9.91. The summed E-state index contributed by atoms with van der Waals surface area (Å²) in [6.07, 6.45) is 0.827. The fourth-order valence-corrected chi connectivity index (χ4v) is 1.26. The number of amides is 1. The van der Waals surface area contributed by atoms with Gasteiger partial charge in [0, 0.05) is 12.0 Å². The highest BCUT2D eigenvalue weighted by molar-refractivity contribution is 5.90. The zero-order valence-corrected chi connectivity index (χ0v) is 10.6. The number of aromatic nitrogens is 1. The molecule has 4 nitrogen and oxygen atoms in total. The lowest BCUT2D eigenvalue weighted by molar-refractivity contribution is -0.119. The molecule has 1 aromatic heterocycles. The first-order valence-electron chi connectivity index (χ1n) is 5.54. The van der Waals surface area contributed by atoms with Crippen LogP contribution in [0.2, 0.25) is 0 Å². The first kappa shape index (κ1) is 12.7. The van der Waals surface area contributed by atoms with Crippen LogP contribution in [0.1, 0.15) is 40.3 Å². The Balaban J connectivity index is 2.62.